The zero-order valence-electron chi connectivity index (χ0n) is 18.8. The predicted molar refractivity (Wildman–Crippen MR) is 131 cm³/mol. The molecule has 0 atom stereocenters. The summed E-state index contributed by atoms with van der Waals surface area (Å²) in [6, 6.07) is 14.2. The second-order valence-electron chi connectivity index (χ2n) is 9.69. The van der Waals surface area contributed by atoms with E-state index in [0.717, 1.165) is 54.6 Å². The zero-order chi connectivity index (χ0) is 22.2. The van der Waals surface area contributed by atoms with Gasteiger partial charge in [-0.1, -0.05) is 43.9 Å². The first kappa shape index (κ1) is 20.4. The second-order valence-corrected chi connectivity index (χ2v) is 9.69. The van der Waals surface area contributed by atoms with Gasteiger partial charge in [-0.3, -0.25) is 9.79 Å². The molecule has 3 aliphatic rings. The first-order valence-electron chi connectivity index (χ1n) is 12.3. The maximum absolute atomic E-state index is 12.5. The molecule has 0 bridgehead atoms. The molecule has 1 aromatic heterocycles. The van der Waals surface area contributed by atoms with Gasteiger partial charge in [0.05, 0.1) is 11.9 Å². The number of carbonyl (C=O) groups is 1. The lowest BCUT2D eigenvalue weighted by molar-refractivity contribution is -0.119. The Labute approximate surface area is 194 Å². The number of aliphatic imine (C=N–C) groups is 1. The van der Waals surface area contributed by atoms with Crippen LogP contribution in [-0.4, -0.2) is 16.6 Å². The third-order valence-corrected chi connectivity index (χ3v) is 7.44. The number of fused-ring (bicyclic) bond motifs is 1. The number of aromatic nitrogens is 1. The monoisotopic (exact) mass is 439 g/mol. The molecule has 2 fully saturated rings. The van der Waals surface area contributed by atoms with Crippen molar-refractivity contribution in [3.05, 3.63) is 54.2 Å². The molecule has 2 aromatic carbocycles. The van der Waals surface area contributed by atoms with Crippen LogP contribution in [0.15, 0.2) is 58.1 Å². The van der Waals surface area contributed by atoms with Crippen LogP contribution in [0.1, 0.15) is 56.9 Å². The Balaban J connectivity index is 1.20. The van der Waals surface area contributed by atoms with E-state index in [1.165, 1.54) is 37.0 Å². The van der Waals surface area contributed by atoms with Gasteiger partial charge < -0.3 is 9.73 Å². The molecule has 168 valence electrons. The van der Waals surface area contributed by atoms with Gasteiger partial charge in [0, 0.05) is 34.9 Å². The molecule has 0 radical (unpaired) electrons. The van der Waals surface area contributed by atoms with Crippen LogP contribution in [0.2, 0.25) is 0 Å². The van der Waals surface area contributed by atoms with E-state index < -0.39 is 0 Å². The number of carbonyl (C=O) groups excluding carboxylic acids is 1. The van der Waals surface area contributed by atoms with Crippen molar-refractivity contribution in [3.63, 3.8) is 0 Å². The SMILES string of the molecule is O=C(Nc1cccc(-c2cnc(-c3ccc4c(c3)N=C(C3CCCC3)C4)o2)c1)C1CCCC1. The highest BCUT2D eigenvalue weighted by molar-refractivity contribution is 5.96. The van der Waals surface area contributed by atoms with Gasteiger partial charge in [-0.25, -0.2) is 4.98 Å². The van der Waals surface area contributed by atoms with Crippen LogP contribution in [0.3, 0.4) is 0 Å². The summed E-state index contributed by atoms with van der Waals surface area (Å²) in [7, 11) is 0. The molecule has 5 nitrogen and oxygen atoms in total. The summed E-state index contributed by atoms with van der Waals surface area (Å²) in [6.07, 6.45) is 12.2. The minimum absolute atomic E-state index is 0.124. The lowest BCUT2D eigenvalue weighted by Crippen LogP contribution is -2.20. The fraction of sp³-hybridized carbons (Fsp3) is 0.393. The fourth-order valence-corrected chi connectivity index (χ4v) is 5.56. The maximum atomic E-state index is 12.5. The van der Waals surface area contributed by atoms with Crippen LogP contribution in [0.25, 0.3) is 22.8 Å². The largest absolute Gasteiger partial charge is 0.436 e. The van der Waals surface area contributed by atoms with E-state index in [0.29, 0.717) is 17.6 Å². The molecular formula is C28H29N3O2. The summed E-state index contributed by atoms with van der Waals surface area (Å²) in [6.45, 7) is 0. The predicted octanol–water partition coefficient (Wildman–Crippen LogP) is 6.96. The fourth-order valence-electron chi connectivity index (χ4n) is 5.56. The molecule has 6 rings (SSSR count). The first-order chi connectivity index (χ1) is 16.2. The molecule has 5 heteroatoms. The van der Waals surface area contributed by atoms with E-state index in [-0.39, 0.29) is 11.8 Å². The Morgan fingerprint density at radius 3 is 2.61 bits per heavy atom. The number of benzene rings is 2. The second kappa shape index (κ2) is 8.62. The average Bonchev–Trinajstić information content (AvgIpc) is 3.64. The van der Waals surface area contributed by atoms with Crippen LogP contribution in [-0.2, 0) is 11.2 Å². The van der Waals surface area contributed by atoms with Gasteiger partial charge in [0.1, 0.15) is 0 Å². The van der Waals surface area contributed by atoms with E-state index in [1.807, 2.05) is 24.3 Å². The molecule has 0 spiro atoms. The Bertz CT molecular complexity index is 1210. The van der Waals surface area contributed by atoms with Gasteiger partial charge in [-0.2, -0.15) is 0 Å². The molecule has 33 heavy (non-hydrogen) atoms. The summed E-state index contributed by atoms with van der Waals surface area (Å²) in [4.78, 5) is 22.0. The van der Waals surface area contributed by atoms with Gasteiger partial charge in [0.2, 0.25) is 11.8 Å². The number of hydrogen-bond donors (Lipinski definition) is 1. The van der Waals surface area contributed by atoms with Crippen LogP contribution in [0.5, 0.6) is 0 Å². The van der Waals surface area contributed by atoms with Gasteiger partial charge in [0.25, 0.3) is 0 Å². The number of nitrogens with zero attached hydrogens (tertiary/aromatic N) is 2. The number of rotatable bonds is 5. The molecule has 2 saturated carbocycles. The standard InChI is InChI=1S/C28H29N3O2/c32-27(19-8-3-4-9-19)30-23-11-5-10-21(14-23)26-17-29-28(33-26)22-13-12-20-15-24(31-25(20)16-22)18-6-1-2-7-18/h5,10-14,16-19H,1-4,6-9,15H2,(H,30,32). The van der Waals surface area contributed by atoms with Crippen molar-refractivity contribution < 1.29 is 9.21 Å². The number of anilines is 1. The van der Waals surface area contributed by atoms with Crippen molar-refractivity contribution in [1.29, 1.82) is 0 Å². The lowest BCUT2D eigenvalue weighted by atomic mass is 9.97. The van der Waals surface area contributed by atoms with E-state index in [4.69, 9.17) is 9.41 Å². The normalized spacial score (nSPS) is 18.5. The third kappa shape index (κ3) is 4.12. The summed E-state index contributed by atoms with van der Waals surface area (Å²) in [5.74, 6) is 2.21. The Kier molecular flexibility index (Phi) is 5.33. The smallest absolute Gasteiger partial charge is 0.227 e. The van der Waals surface area contributed by atoms with Gasteiger partial charge >= 0.3 is 0 Å². The molecule has 0 saturated heterocycles. The van der Waals surface area contributed by atoms with E-state index in [9.17, 15) is 4.79 Å². The van der Waals surface area contributed by atoms with Crippen molar-refractivity contribution >= 4 is 23.0 Å². The number of nitrogens with one attached hydrogen (secondary N) is 1. The van der Waals surface area contributed by atoms with Gasteiger partial charge in [0.15, 0.2) is 5.76 Å². The van der Waals surface area contributed by atoms with E-state index in [1.54, 1.807) is 6.20 Å². The van der Waals surface area contributed by atoms with Crippen LogP contribution < -0.4 is 5.32 Å². The summed E-state index contributed by atoms with van der Waals surface area (Å²) < 4.78 is 6.13. The lowest BCUT2D eigenvalue weighted by Gasteiger charge is -2.10. The van der Waals surface area contributed by atoms with Gasteiger partial charge in [-0.05, 0) is 61.4 Å². The highest BCUT2D eigenvalue weighted by atomic mass is 16.4. The highest BCUT2D eigenvalue weighted by Crippen LogP contribution is 2.37. The van der Waals surface area contributed by atoms with Crippen LogP contribution in [0, 0.1) is 11.8 Å². The Morgan fingerprint density at radius 1 is 0.939 bits per heavy atom. The summed E-state index contributed by atoms with van der Waals surface area (Å²) in [5.41, 5.74) is 6.37. The topological polar surface area (TPSA) is 67.5 Å². The molecule has 3 aromatic rings. The van der Waals surface area contributed by atoms with E-state index >= 15 is 0 Å². The first-order valence-corrected chi connectivity index (χ1v) is 12.3. The molecule has 1 aliphatic heterocycles. The number of oxazole rings is 1. The molecule has 1 amide bonds. The molecule has 2 aliphatic carbocycles. The van der Waals surface area contributed by atoms with Crippen molar-refractivity contribution in [2.24, 2.45) is 16.8 Å². The van der Waals surface area contributed by atoms with Gasteiger partial charge in [-0.15, -0.1) is 0 Å². The number of amides is 1. The van der Waals surface area contributed by atoms with Crippen molar-refractivity contribution in [3.8, 4) is 22.8 Å². The minimum atomic E-state index is 0.124. The minimum Gasteiger partial charge on any atom is -0.436 e. The van der Waals surface area contributed by atoms with Crippen LogP contribution in [0.4, 0.5) is 11.4 Å². The van der Waals surface area contributed by atoms with E-state index in [2.05, 4.69) is 28.5 Å². The van der Waals surface area contributed by atoms with Crippen molar-refractivity contribution in [2.45, 2.75) is 57.8 Å². The Morgan fingerprint density at radius 2 is 1.76 bits per heavy atom. The van der Waals surface area contributed by atoms with Crippen LogP contribution >= 0.6 is 0 Å². The highest BCUT2D eigenvalue weighted by Gasteiger charge is 2.26. The Hall–Kier alpha value is -3.21. The summed E-state index contributed by atoms with van der Waals surface area (Å²) in [5, 5.41) is 3.07. The third-order valence-electron chi connectivity index (χ3n) is 7.44. The quantitative estimate of drug-likeness (QED) is 0.467. The average molecular weight is 440 g/mol. The number of hydrogen-bond acceptors (Lipinski definition) is 4. The summed E-state index contributed by atoms with van der Waals surface area (Å²) >= 11 is 0. The maximum Gasteiger partial charge on any atom is 0.227 e. The molecule has 2 heterocycles. The van der Waals surface area contributed by atoms with Crippen molar-refractivity contribution in [2.75, 3.05) is 5.32 Å². The molecular weight excluding hydrogens is 410 g/mol. The van der Waals surface area contributed by atoms with Crippen molar-refractivity contribution in [1.82, 2.24) is 4.98 Å². The zero-order valence-corrected chi connectivity index (χ0v) is 18.8. The molecule has 1 N–H and O–H groups in total. The molecule has 0 unspecified atom stereocenters.